The number of amides is 2. The van der Waals surface area contributed by atoms with Crippen molar-refractivity contribution in [2.75, 3.05) is 13.2 Å². The largest absolute Gasteiger partial charge is 0.404 e. The fourth-order valence-corrected chi connectivity index (χ4v) is 4.07. The molecule has 148 valence electrons. The van der Waals surface area contributed by atoms with Crippen molar-refractivity contribution >= 4 is 17.6 Å². The second-order valence-corrected chi connectivity index (χ2v) is 8.29. The first-order valence-electron chi connectivity index (χ1n) is 9.80. The second-order valence-electron chi connectivity index (χ2n) is 7.81. The summed E-state index contributed by atoms with van der Waals surface area (Å²) in [4.78, 5) is 14.8. The van der Waals surface area contributed by atoms with Gasteiger partial charge < -0.3 is 20.7 Å². The van der Waals surface area contributed by atoms with Crippen LogP contribution in [0.2, 0.25) is 0 Å². The van der Waals surface area contributed by atoms with Crippen molar-refractivity contribution in [3.8, 4) is 0 Å². The van der Waals surface area contributed by atoms with Crippen molar-refractivity contribution in [2.24, 2.45) is 17.6 Å². The van der Waals surface area contributed by atoms with Gasteiger partial charge in [-0.15, -0.1) is 0 Å². The molecule has 2 amide bonds. The first-order chi connectivity index (χ1) is 12.4. The molecule has 26 heavy (non-hydrogen) atoms. The van der Waals surface area contributed by atoms with Crippen LogP contribution < -0.4 is 11.1 Å². The van der Waals surface area contributed by atoms with E-state index in [0.29, 0.717) is 30.0 Å². The quantitative estimate of drug-likeness (QED) is 0.653. The summed E-state index contributed by atoms with van der Waals surface area (Å²) in [5.74, 6) is 0.769. The number of urea groups is 1. The minimum atomic E-state index is 0.0352. The molecular weight excluding hydrogens is 350 g/mol. The van der Waals surface area contributed by atoms with Crippen LogP contribution in [0.25, 0.3) is 0 Å². The Balaban J connectivity index is 1.97. The van der Waals surface area contributed by atoms with Gasteiger partial charge in [0.15, 0.2) is 0 Å². The van der Waals surface area contributed by atoms with E-state index >= 15 is 0 Å². The Morgan fingerprint density at radius 3 is 2.77 bits per heavy atom. The average Bonchev–Trinajstić information content (AvgIpc) is 2.96. The summed E-state index contributed by atoms with van der Waals surface area (Å²) < 4.78 is 5.76. The predicted octanol–water partition coefficient (Wildman–Crippen LogP) is 3.99. The van der Waals surface area contributed by atoms with Gasteiger partial charge in [-0.1, -0.05) is 44.0 Å². The summed E-state index contributed by atoms with van der Waals surface area (Å²) in [6.45, 7) is 9.78. The molecule has 0 aromatic rings. The molecule has 6 heteroatoms. The molecule has 0 aliphatic carbocycles. The average molecular weight is 384 g/mol. The van der Waals surface area contributed by atoms with Crippen molar-refractivity contribution in [2.45, 2.75) is 71.6 Å². The molecular formula is C20H34ClN3O2. The van der Waals surface area contributed by atoms with E-state index < -0.39 is 0 Å². The monoisotopic (exact) mass is 383 g/mol. The second kappa shape index (κ2) is 9.65. The molecule has 0 spiro atoms. The van der Waals surface area contributed by atoms with Gasteiger partial charge >= 0.3 is 6.03 Å². The molecule has 3 N–H and O–H groups in total. The summed E-state index contributed by atoms with van der Waals surface area (Å²) in [5.41, 5.74) is 6.75. The summed E-state index contributed by atoms with van der Waals surface area (Å²) in [6, 6.07) is 0.467. The predicted molar refractivity (Wildman–Crippen MR) is 107 cm³/mol. The standard InChI is InChI=1S/C20H34ClN3O2/c1-5-15(8-16(13(2)3)9-17(21)10-22)11-23-20(25)24-18-6-7-19(24)14(4)26-12-18/h8,10,13-14,16,18-19H,5-7,9,11-12,22H2,1-4H3,(H,23,25)/b15-8?,17-10+. The highest BCUT2D eigenvalue weighted by Crippen LogP contribution is 2.32. The molecule has 0 aromatic heterocycles. The van der Waals surface area contributed by atoms with Gasteiger partial charge in [0.2, 0.25) is 0 Å². The maximum Gasteiger partial charge on any atom is 0.318 e. The maximum absolute atomic E-state index is 12.8. The highest BCUT2D eigenvalue weighted by Gasteiger charge is 2.43. The van der Waals surface area contributed by atoms with Gasteiger partial charge in [-0.2, -0.15) is 0 Å². The van der Waals surface area contributed by atoms with Crippen LogP contribution in [0.5, 0.6) is 0 Å². The van der Waals surface area contributed by atoms with Crippen LogP contribution in [0.1, 0.15) is 53.4 Å². The number of nitrogens with two attached hydrogens (primary N) is 1. The van der Waals surface area contributed by atoms with E-state index in [0.717, 1.165) is 25.7 Å². The molecule has 4 atom stereocenters. The number of nitrogens with one attached hydrogen (secondary N) is 1. The smallest absolute Gasteiger partial charge is 0.318 e. The van der Waals surface area contributed by atoms with Gasteiger partial charge in [-0.3, -0.25) is 0 Å². The highest BCUT2D eigenvalue weighted by molar-refractivity contribution is 6.29. The summed E-state index contributed by atoms with van der Waals surface area (Å²) >= 11 is 6.13. The Bertz CT molecular complexity index is 547. The Hall–Kier alpha value is -1.20. The van der Waals surface area contributed by atoms with Crippen LogP contribution in [0.3, 0.4) is 0 Å². The minimum Gasteiger partial charge on any atom is -0.404 e. The van der Waals surface area contributed by atoms with Crippen LogP contribution in [0.4, 0.5) is 4.79 Å². The summed E-state index contributed by atoms with van der Waals surface area (Å²) in [7, 11) is 0. The first-order valence-corrected chi connectivity index (χ1v) is 10.2. The first kappa shape index (κ1) is 21.1. The van der Waals surface area contributed by atoms with Crippen molar-refractivity contribution in [3.05, 3.63) is 22.9 Å². The molecule has 4 unspecified atom stereocenters. The van der Waals surface area contributed by atoms with E-state index in [-0.39, 0.29) is 24.2 Å². The molecule has 2 rings (SSSR count). The fraction of sp³-hybridized carbons (Fsp3) is 0.750. The number of hydrogen-bond donors (Lipinski definition) is 2. The van der Waals surface area contributed by atoms with Crippen LogP contribution in [0, 0.1) is 11.8 Å². The van der Waals surface area contributed by atoms with E-state index in [2.05, 4.69) is 39.1 Å². The number of morpholine rings is 1. The third-order valence-corrected chi connectivity index (χ3v) is 5.99. The SMILES string of the molecule is CCC(=CC(C/C(Cl)=C\N)C(C)C)CNC(=O)N1C2CCC1C(C)OC2. The maximum atomic E-state index is 12.8. The lowest BCUT2D eigenvalue weighted by Gasteiger charge is -2.38. The normalized spacial score (nSPS) is 27.8. The Morgan fingerprint density at radius 2 is 2.15 bits per heavy atom. The lowest BCUT2D eigenvalue weighted by molar-refractivity contribution is -0.0466. The molecule has 0 radical (unpaired) electrons. The van der Waals surface area contributed by atoms with Crippen molar-refractivity contribution in [1.29, 1.82) is 0 Å². The zero-order valence-electron chi connectivity index (χ0n) is 16.5. The van der Waals surface area contributed by atoms with Crippen LogP contribution in [0.15, 0.2) is 22.9 Å². The number of carbonyl (C=O) groups is 1. The zero-order valence-corrected chi connectivity index (χ0v) is 17.3. The van der Waals surface area contributed by atoms with Crippen molar-refractivity contribution in [3.63, 3.8) is 0 Å². The Kier molecular flexibility index (Phi) is 7.84. The number of allylic oxidation sites excluding steroid dienone is 2. The Labute approximate surface area is 163 Å². The number of fused-ring (bicyclic) bond motifs is 2. The lowest BCUT2D eigenvalue weighted by Crippen LogP contribution is -2.56. The van der Waals surface area contributed by atoms with Gasteiger partial charge in [-0.05, 0) is 44.4 Å². The van der Waals surface area contributed by atoms with Gasteiger partial charge in [0.1, 0.15) is 0 Å². The van der Waals surface area contributed by atoms with Gasteiger partial charge in [0.05, 0.1) is 24.8 Å². The highest BCUT2D eigenvalue weighted by atomic mass is 35.5. The number of carbonyl (C=O) groups excluding carboxylic acids is 1. The molecule has 5 nitrogen and oxygen atoms in total. The van der Waals surface area contributed by atoms with Crippen molar-refractivity contribution in [1.82, 2.24) is 10.2 Å². The third-order valence-electron chi connectivity index (χ3n) is 5.71. The van der Waals surface area contributed by atoms with Crippen LogP contribution >= 0.6 is 11.6 Å². The molecule has 2 fully saturated rings. The summed E-state index contributed by atoms with van der Waals surface area (Å²) in [6.07, 6.45) is 7.56. The molecule has 2 bridgehead atoms. The summed E-state index contributed by atoms with van der Waals surface area (Å²) in [5, 5.41) is 3.81. The third kappa shape index (κ3) is 5.17. The number of halogens is 1. The zero-order chi connectivity index (χ0) is 19.3. The Morgan fingerprint density at radius 1 is 1.42 bits per heavy atom. The van der Waals surface area contributed by atoms with Gasteiger partial charge in [-0.25, -0.2) is 4.79 Å². The van der Waals surface area contributed by atoms with E-state index in [4.69, 9.17) is 22.1 Å². The number of nitrogens with zero attached hydrogens (tertiary/aromatic N) is 1. The molecule has 2 aliphatic rings. The van der Waals surface area contributed by atoms with Crippen LogP contribution in [-0.4, -0.2) is 42.3 Å². The fourth-order valence-electron chi connectivity index (χ4n) is 3.89. The van der Waals surface area contributed by atoms with E-state index in [1.807, 2.05) is 4.90 Å². The molecule has 0 aromatic carbocycles. The van der Waals surface area contributed by atoms with E-state index in [1.54, 1.807) is 0 Å². The molecule has 2 aliphatic heterocycles. The van der Waals surface area contributed by atoms with Gasteiger partial charge in [0, 0.05) is 17.8 Å². The van der Waals surface area contributed by atoms with Crippen molar-refractivity contribution < 1.29 is 9.53 Å². The number of rotatable bonds is 7. The molecule has 0 saturated carbocycles. The number of hydrogen-bond acceptors (Lipinski definition) is 3. The number of ether oxygens (including phenoxy) is 1. The molecule has 2 heterocycles. The van der Waals surface area contributed by atoms with E-state index in [1.165, 1.54) is 11.8 Å². The lowest BCUT2D eigenvalue weighted by atomic mass is 9.89. The van der Waals surface area contributed by atoms with Crippen LogP contribution in [-0.2, 0) is 4.74 Å². The topological polar surface area (TPSA) is 67.6 Å². The molecule has 2 saturated heterocycles. The van der Waals surface area contributed by atoms with Gasteiger partial charge in [0.25, 0.3) is 0 Å². The van der Waals surface area contributed by atoms with E-state index in [9.17, 15) is 4.79 Å². The minimum absolute atomic E-state index is 0.0352.